The molecule has 2 saturated heterocycles. The van der Waals surface area contributed by atoms with Gasteiger partial charge in [-0.25, -0.2) is 0 Å². The lowest BCUT2D eigenvalue weighted by Crippen LogP contribution is -2.42. The van der Waals surface area contributed by atoms with Gasteiger partial charge < -0.3 is 10.1 Å². The Bertz CT molecular complexity index is 196. The summed E-state index contributed by atoms with van der Waals surface area (Å²) in [6, 6.07) is 0.612. The highest BCUT2D eigenvalue weighted by molar-refractivity contribution is 4.94. The van der Waals surface area contributed by atoms with Gasteiger partial charge in [0.15, 0.2) is 0 Å². The van der Waals surface area contributed by atoms with Crippen LogP contribution in [0.25, 0.3) is 0 Å². The van der Waals surface area contributed by atoms with Crippen molar-refractivity contribution >= 4 is 0 Å². The molecule has 1 N–H and O–H groups in total. The molecule has 88 valence electrons. The van der Waals surface area contributed by atoms with Gasteiger partial charge in [0.25, 0.3) is 0 Å². The maximum atomic E-state index is 5.34. The number of ether oxygens (including phenoxy) is 1. The number of hydrogen-bond acceptors (Lipinski definition) is 3. The van der Waals surface area contributed by atoms with Gasteiger partial charge in [0.1, 0.15) is 0 Å². The van der Waals surface area contributed by atoms with Crippen LogP contribution in [0.4, 0.5) is 0 Å². The molecule has 0 aliphatic carbocycles. The van der Waals surface area contributed by atoms with E-state index in [0.717, 1.165) is 18.4 Å². The fourth-order valence-electron chi connectivity index (χ4n) is 3.05. The third-order valence-electron chi connectivity index (χ3n) is 3.99. The van der Waals surface area contributed by atoms with Crippen LogP contribution in [-0.4, -0.2) is 50.8 Å². The molecule has 2 aliphatic rings. The van der Waals surface area contributed by atoms with Crippen molar-refractivity contribution in [3.63, 3.8) is 0 Å². The second-order valence-electron chi connectivity index (χ2n) is 5.40. The average Bonchev–Trinajstić information content (AvgIpc) is 2.72. The summed E-state index contributed by atoms with van der Waals surface area (Å²) in [4.78, 5) is 2.64. The van der Waals surface area contributed by atoms with Crippen LogP contribution in [0.2, 0.25) is 0 Å². The first-order valence-electron chi connectivity index (χ1n) is 6.16. The van der Waals surface area contributed by atoms with E-state index in [4.69, 9.17) is 4.74 Å². The highest BCUT2D eigenvalue weighted by Gasteiger charge is 2.39. The van der Waals surface area contributed by atoms with Crippen LogP contribution in [0.5, 0.6) is 0 Å². The Morgan fingerprint density at radius 2 is 1.87 bits per heavy atom. The SMILES string of the molecule is COCC(C(C)C)N1C[C@H]2CNC[C@H]2C1. The molecule has 1 unspecified atom stereocenters. The second-order valence-corrected chi connectivity index (χ2v) is 5.40. The van der Waals surface area contributed by atoms with Gasteiger partial charge in [-0.05, 0) is 30.8 Å². The molecular formula is C12H24N2O. The maximum Gasteiger partial charge on any atom is 0.0620 e. The van der Waals surface area contributed by atoms with Crippen LogP contribution in [0, 0.1) is 17.8 Å². The predicted molar refractivity (Wildman–Crippen MR) is 61.9 cm³/mol. The molecule has 3 nitrogen and oxygen atoms in total. The third kappa shape index (κ3) is 2.35. The molecule has 15 heavy (non-hydrogen) atoms. The number of rotatable bonds is 4. The zero-order valence-corrected chi connectivity index (χ0v) is 10.2. The molecule has 0 amide bonds. The number of fused-ring (bicyclic) bond motifs is 1. The monoisotopic (exact) mass is 212 g/mol. The number of methoxy groups -OCH3 is 1. The number of nitrogens with one attached hydrogen (secondary N) is 1. The third-order valence-corrected chi connectivity index (χ3v) is 3.99. The average molecular weight is 212 g/mol. The smallest absolute Gasteiger partial charge is 0.0620 e. The Kier molecular flexibility index (Phi) is 3.65. The minimum atomic E-state index is 0.612. The fraction of sp³-hybridized carbons (Fsp3) is 1.00. The van der Waals surface area contributed by atoms with Gasteiger partial charge in [-0.3, -0.25) is 4.90 Å². The molecule has 0 bridgehead atoms. The van der Waals surface area contributed by atoms with Crippen LogP contribution in [-0.2, 0) is 4.74 Å². The Balaban J connectivity index is 1.92. The minimum Gasteiger partial charge on any atom is -0.383 e. The van der Waals surface area contributed by atoms with Crippen molar-refractivity contribution in [1.29, 1.82) is 0 Å². The summed E-state index contributed by atoms with van der Waals surface area (Å²) in [7, 11) is 1.81. The van der Waals surface area contributed by atoms with Crippen LogP contribution in [0.15, 0.2) is 0 Å². The van der Waals surface area contributed by atoms with Crippen molar-refractivity contribution in [2.24, 2.45) is 17.8 Å². The second kappa shape index (κ2) is 4.81. The predicted octanol–water partition coefficient (Wildman–Crippen LogP) is 0.809. The Morgan fingerprint density at radius 3 is 2.33 bits per heavy atom. The molecule has 0 spiro atoms. The lowest BCUT2D eigenvalue weighted by molar-refractivity contribution is 0.0746. The van der Waals surface area contributed by atoms with Gasteiger partial charge >= 0.3 is 0 Å². The summed E-state index contributed by atoms with van der Waals surface area (Å²) in [5.74, 6) is 2.47. The quantitative estimate of drug-likeness (QED) is 0.746. The van der Waals surface area contributed by atoms with E-state index in [1.807, 2.05) is 7.11 Å². The van der Waals surface area contributed by atoms with Crippen molar-refractivity contribution in [2.75, 3.05) is 39.9 Å². The number of nitrogens with zero attached hydrogens (tertiary/aromatic N) is 1. The lowest BCUT2D eigenvalue weighted by atomic mass is 10.0. The molecule has 2 fully saturated rings. The van der Waals surface area contributed by atoms with Crippen molar-refractivity contribution in [3.05, 3.63) is 0 Å². The molecule has 0 aromatic carbocycles. The van der Waals surface area contributed by atoms with E-state index < -0.39 is 0 Å². The molecule has 2 heterocycles. The van der Waals surface area contributed by atoms with E-state index in [-0.39, 0.29) is 0 Å². The van der Waals surface area contributed by atoms with E-state index in [1.54, 1.807) is 0 Å². The van der Waals surface area contributed by atoms with Gasteiger partial charge in [-0.15, -0.1) is 0 Å². The standard InChI is InChI=1S/C12H24N2O/c1-9(2)12(8-15-3)14-6-10-4-13-5-11(10)7-14/h9-13H,4-8H2,1-3H3/t10-,11+,12?. The molecule has 0 aromatic rings. The fourth-order valence-corrected chi connectivity index (χ4v) is 3.05. The van der Waals surface area contributed by atoms with E-state index in [1.165, 1.54) is 26.2 Å². The number of hydrogen-bond donors (Lipinski definition) is 1. The summed E-state index contributed by atoms with van der Waals surface area (Å²) in [6.07, 6.45) is 0. The van der Waals surface area contributed by atoms with Crippen molar-refractivity contribution in [3.8, 4) is 0 Å². The lowest BCUT2D eigenvalue weighted by Gasteiger charge is -2.31. The molecule has 0 radical (unpaired) electrons. The van der Waals surface area contributed by atoms with Gasteiger partial charge in [-0.2, -0.15) is 0 Å². The first-order valence-corrected chi connectivity index (χ1v) is 6.16. The summed E-state index contributed by atoms with van der Waals surface area (Å²) in [5, 5.41) is 3.49. The zero-order valence-electron chi connectivity index (χ0n) is 10.2. The maximum absolute atomic E-state index is 5.34. The van der Waals surface area contributed by atoms with E-state index in [2.05, 4.69) is 24.1 Å². The topological polar surface area (TPSA) is 24.5 Å². The molecule has 0 aromatic heterocycles. The van der Waals surface area contributed by atoms with Gasteiger partial charge in [-0.1, -0.05) is 13.8 Å². The van der Waals surface area contributed by atoms with Crippen LogP contribution >= 0.6 is 0 Å². The Hall–Kier alpha value is -0.120. The van der Waals surface area contributed by atoms with Crippen molar-refractivity contribution in [1.82, 2.24) is 10.2 Å². The van der Waals surface area contributed by atoms with Crippen molar-refractivity contribution in [2.45, 2.75) is 19.9 Å². The first-order chi connectivity index (χ1) is 7.22. The molecule has 2 aliphatic heterocycles. The summed E-state index contributed by atoms with van der Waals surface area (Å²) >= 11 is 0. The van der Waals surface area contributed by atoms with E-state index >= 15 is 0 Å². The molecule has 0 saturated carbocycles. The van der Waals surface area contributed by atoms with E-state index in [9.17, 15) is 0 Å². The van der Waals surface area contributed by atoms with Gasteiger partial charge in [0.05, 0.1) is 6.61 Å². The highest BCUT2D eigenvalue weighted by atomic mass is 16.5. The first kappa shape index (κ1) is 11.4. The molecular weight excluding hydrogens is 188 g/mol. The molecule has 3 atom stereocenters. The van der Waals surface area contributed by atoms with Crippen molar-refractivity contribution < 1.29 is 4.74 Å². The largest absolute Gasteiger partial charge is 0.383 e. The van der Waals surface area contributed by atoms with E-state index in [0.29, 0.717) is 12.0 Å². The highest BCUT2D eigenvalue weighted by Crippen LogP contribution is 2.29. The van der Waals surface area contributed by atoms with Crippen LogP contribution in [0.3, 0.4) is 0 Å². The minimum absolute atomic E-state index is 0.612. The zero-order chi connectivity index (χ0) is 10.8. The number of likely N-dealkylation sites (tertiary alicyclic amines) is 1. The molecule has 3 heteroatoms. The van der Waals surface area contributed by atoms with Gasteiger partial charge in [0.2, 0.25) is 0 Å². The molecule has 2 rings (SSSR count). The normalized spacial score (nSPS) is 33.6. The Labute approximate surface area is 93.2 Å². The summed E-state index contributed by atoms with van der Waals surface area (Å²) < 4.78 is 5.34. The van der Waals surface area contributed by atoms with Crippen LogP contribution in [0.1, 0.15) is 13.8 Å². The van der Waals surface area contributed by atoms with Gasteiger partial charge in [0, 0.05) is 26.2 Å². The Morgan fingerprint density at radius 1 is 1.27 bits per heavy atom. The summed E-state index contributed by atoms with van der Waals surface area (Å²) in [5.41, 5.74) is 0. The van der Waals surface area contributed by atoms with Crippen LogP contribution < -0.4 is 5.32 Å². The summed E-state index contributed by atoms with van der Waals surface area (Å²) in [6.45, 7) is 10.5.